The number of nitrogens with one attached hydrogen (secondary N) is 2. The van der Waals surface area contributed by atoms with Crippen LogP contribution in [0.4, 0.5) is 10.5 Å². The molecule has 25 heavy (non-hydrogen) atoms. The zero-order chi connectivity index (χ0) is 17.6. The number of urea groups is 1. The first-order valence-corrected chi connectivity index (χ1v) is 9.67. The Morgan fingerprint density at radius 1 is 1.04 bits per heavy atom. The summed E-state index contributed by atoms with van der Waals surface area (Å²) in [6.07, 6.45) is 2.33. The maximum atomic E-state index is 12.1. The Balaban J connectivity index is 1.32. The standard InChI is InChI=1S/C20H32N4O/c1-16(2)23-10-8-17(14-23)12-21-20(25)22-13-18-9-11-24(15-18)19-6-4-3-5-7-19/h3-7,16-18H,8-15H2,1-2H3,(H2,21,22,25)/t17-,18-/m0/s1. The molecule has 2 saturated heterocycles. The Labute approximate surface area is 151 Å². The van der Waals surface area contributed by atoms with Crippen LogP contribution in [0.2, 0.25) is 0 Å². The van der Waals surface area contributed by atoms with Crippen LogP contribution in [0.5, 0.6) is 0 Å². The maximum absolute atomic E-state index is 12.1. The van der Waals surface area contributed by atoms with Gasteiger partial charge in [-0.05, 0) is 57.2 Å². The molecule has 0 aliphatic carbocycles. The normalized spacial score (nSPS) is 24.0. The first kappa shape index (κ1) is 18.1. The predicted molar refractivity (Wildman–Crippen MR) is 103 cm³/mol. The van der Waals surface area contributed by atoms with Crippen LogP contribution in [0.15, 0.2) is 30.3 Å². The molecular formula is C20H32N4O. The summed E-state index contributed by atoms with van der Waals surface area (Å²) in [6.45, 7) is 10.4. The molecule has 3 rings (SSSR count). The molecule has 5 heteroatoms. The Bertz CT molecular complexity index is 548. The van der Waals surface area contributed by atoms with Crippen molar-refractivity contribution in [1.82, 2.24) is 15.5 Å². The van der Waals surface area contributed by atoms with Gasteiger partial charge in [0.05, 0.1) is 0 Å². The van der Waals surface area contributed by atoms with Crippen molar-refractivity contribution in [3.8, 4) is 0 Å². The highest BCUT2D eigenvalue weighted by Gasteiger charge is 2.25. The quantitative estimate of drug-likeness (QED) is 0.834. The maximum Gasteiger partial charge on any atom is 0.314 e. The summed E-state index contributed by atoms with van der Waals surface area (Å²) in [5, 5.41) is 6.12. The lowest BCUT2D eigenvalue weighted by Crippen LogP contribution is -2.41. The molecule has 2 heterocycles. The SMILES string of the molecule is CC(C)N1CC[C@@H](CNC(=O)NC[C@@H]2CCN(c3ccccc3)C2)C1. The van der Waals surface area contributed by atoms with Gasteiger partial charge in [-0.2, -0.15) is 0 Å². The monoisotopic (exact) mass is 344 g/mol. The number of benzene rings is 1. The van der Waals surface area contributed by atoms with Crippen molar-refractivity contribution in [3.05, 3.63) is 30.3 Å². The lowest BCUT2D eigenvalue weighted by Gasteiger charge is -2.20. The van der Waals surface area contributed by atoms with Gasteiger partial charge < -0.3 is 20.4 Å². The summed E-state index contributed by atoms with van der Waals surface area (Å²) in [7, 11) is 0. The molecule has 2 fully saturated rings. The van der Waals surface area contributed by atoms with E-state index < -0.39 is 0 Å². The van der Waals surface area contributed by atoms with Crippen LogP contribution in [-0.4, -0.2) is 56.2 Å². The molecule has 2 atom stereocenters. The van der Waals surface area contributed by atoms with Gasteiger partial charge in [-0.3, -0.25) is 0 Å². The van der Waals surface area contributed by atoms with E-state index in [-0.39, 0.29) is 6.03 Å². The molecule has 0 aromatic heterocycles. The number of para-hydroxylation sites is 1. The van der Waals surface area contributed by atoms with Gasteiger partial charge in [0.15, 0.2) is 0 Å². The van der Waals surface area contributed by atoms with E-state index in [4.69, 9.17) is 0 Å². The molecule has 2 aliphatic rings. The molecule has 1 aromatic carbocycles. The molecule has 138 valence electrons. The van der Waals surface area contributed by atoms with Crippen molar-refractivity contribution < 1.29 is 4.79 Å². The molecule has 0 bridgehead atoms. The summed E-state index contributed by atoms with van der Waals surface area (Å²) in [5.74, 6) is 1.13. The van der Waals surface area contributed by atoms with Gasteiger partial charge in [0.25, 0.3) is 0 Å². The fourth-order valence-corrected chi connectivity index (χ4v) is 3.91. The van der Waals surface area contributed by atoms with Gasteiger partial charge in [0.2, 0.25) is 0 Å². The van der Waals surface area contributed by atoms with Crippen LogP contribution in [0.3, 0.4) is 0 Å². The van der Waals surface area contributed by atoms with Crippen LogP contribution in [0.1, 0.15) is 26.7 Å². The first-order valence-electron chi connectivity index (χ1n) is 9.67. The Hall–Kier alpha value is -1.75. The minimum atomic E-state index is -0.0128. The second-order valence-corrected chi connectivity index (χ2v) is 7.77. The Kier molecular flexibility index (Phi) is 6.19. The molecule has 2 N–H and O–H groups in total. The highest BCUT2D eigenvalue weighted by atomic mass is 16.2. The molecule has 0 saturated carbocycles. The number of carbonyl (C=O) groups is 1. The van der Waals surface area contributed by atoms with Crippen LogP contribution in [-0.2, 0) is 0 Å². The lowest BCUT2D eigenvalue weighted by atomic mass is 10.1. The van der Waals surface area contributed by atoms with Gasteiger partial charge in [0.1, 0.15) is 0 Å². The smallest absolute Gasteiger partial charge is 0.314 e. The molecule has 0 unspecified atom stereocenters. The van der Waals surface area contributed by atoms with Crippen LogP contribution < -0.4 is 15.5 Å². The number of hydrogen-bond acceptors (Lipinski definition) is 3. The zero-order valence-corrected chi connectivity index (χ0v) is 15.6. The number of rotatable bonds is 6. The Morgan fingerprint density at radius 3 is 2.32 bits per heavy atom. The van der Waals surface area contributed by atoms with Crippen LogP contribution in [0.25, 0.3) is 0 Å². The van der Waals surface area contributed by atoms with E-state index in [0.29, 0.717) is 17.9 Å². The Morgan fingerprint density at radius 2 is 1.68 bits per heavy atom. The third-order valence-electron chi connectivity index (χ3n) is 5.56. The first-order chi connectivity index (χ1) is 12.1. The lowest BCUT2D eigenvalue weighted by molar-refractivity contribution is 0.235. The van der Waals surface area contributed by atoms with Crippen molar-refractivity contribution in [2.45, 2.75) is 32.7 Å². The number of hydrogen-bond donors (Lipinski definition) is 2. The number of amides is 2. The molecule has 2 amide bonds. The van der Waals surface area contributed by atoms with Crippen molar-refractivity contribution in [1.29, 1.82) is 0 Å². The molecule has 2 aliphatic heterocycles. The van der Waals surface area contributed by atoms with Crippen molar-refractivity contribution >= 4 is 11.7 Å². The third kappa shape index (κ3) is 5.11. The average molecular weight is 345 g/mol. The van der Waals surface area contributed by atoms with Gasteiger partial charge in [0, 0.05) is 44.5 Å². The highest BCUT2D eigenvalue weighted by molar-refractivity contribution is 5.73. The molecule has 1 aromatic rings. The fraction of sp³-hybridized carbons (Fsp3) is 0.650. The fourth-order valence-electron chi connectivity index (χ4n) is 3.91. The van der Waals surface area contributed by atoms with Gasteiger partial charge in [-0.1, -0.05) is 18.2 Å². The number of anilines is 1. The summed E-state index contributed by atoms with van der Waals surface area (Å²) < 4.78 is 0. The van der Waals surface area contributed by atoms with E-state index in [1.165, 1.54) is 12.1 Å². The summed E-state index contributed by atoms with van der Waals surface area (Å²) in [6, 6.07) is 11.1. The van der Waals surface area contributed by atoms with Crippen LogP contribution >= 0.6 is 0 Å². The summed E-state index contributed by atoms with van der Waals surface area (Å²) in [5.41, 5.74) is 1.28. The van der Waals surface area contributed by atoms with Gasteiger partial charge in [-0.25, -0.2) is 4.79 Å². The molecule has 0 radical (unpaired) electrons. The molecule has 0 spiro atoms. The molecular weight excluding hydrogens is 312 g/mol. The minimum absolute atomic E-state index is 0.0128. The van der Waals surface area contributed by atoms with E-state index in [9.17, 15) is 4.79 Å². The number of carbonyl (C=O) groups excluding carboxylic acids is 1. The van der Waals surface area contributed by atoms with Crippen molar-refractivity contribution in [2.75, 3.05) is 44.2 Å². The number of likely N-dealkylation sites (tertiary alicyclic amines) is 1. The van der Waals surface area contributed by atoms with Crippen molar-refractivity contribution in [2.24, 2.45) is 11.8 Å². The summed E-state index contributed by atoms with van der Waals surface area (Å²) in [4.78, 5) is 17.0. The second-order valence-electron chi connectivity index (χ2n) is 7.77. The van der Waals surface area contributed by atoms with E-state index in [2.05, 4.69) is 58.5 Å². The van der Waals surface area contributed by atoms with Gasteiger partial charge in [-0.15, -0.1) is 0 Å². The third-order valence-corrected chi connectivity index (χ3v) is 5.56. The second kappa shape index (κ2) is 8.56. The van der Waals surface area contributed by atoms with Crippen molar-refractivity contribution in [3.63, 3.8) is 0 Å². The topological polar surface area (TPSA) is 47.6 Å². The van der Waals surface area contributed by atoms with E-state index in [1.807, 2.05) is 6.07 Å². The summed E-state index contributed by atoms with van der Waals surface area (Å²) >= 11 is 0. The van der Waals surface area contributed by atoms with E-state index in [1.54, 1.807) is 0 Å². The minimum Gasteiger partial charge on any atom is -0.371 e. The zero-order valence-electron chi connectivity index (χ0n) is 15.6. The largest absolute Gasteiger partial charge is 0.371 e. The van der Waals surface area contributed by atoms with Crippen LogP contribution in [0, 0.1) is 11.8 Å². The van der Waals surface area contributed by atoms with E-state index in [0.717, 1.165) is 45.7 Å². The average Bonchev–Trinajstić information content (AvgIpc) is 3.28. The van der Waals surface area contributed by atoms with Gasteiger partial charge >= 0.3 is 6.03 Å². The predicted octanol–water partition coefficient (Wildman–Crippen LogP) is 2.54. The number of nitrogens with zero attached hydrogens (tertiary/aromatic N) is 2. The van der Waals surface area contributed by atoms with E-state index >= 15 is 0 Å². The highest BCUT2D eigenvalue weighted by Crippen LogP contribution is 2.23. The molecule has 5 nitrogen and oxygen atoms in total.